The van der Waals surface area contributed by atoms with Crippen molar-refractivity contribution in [2.75, 3.05) is 6.54 Å². The molecule has 0 aliphatic carbocycles. The minimum atomic E-state index is -0.555. The van der Waals surface area contributed by atoms with Crippen molar-refractivity contribution < 1.29 is 4.79 Å². The number of nitrogens with two attached hydrogens (primary N) is 3. The molecule has 0 aliphatic rings. The van der Waals surface area contributed by atoms with Crippen LogP contribution in [0.2, 0.25) is 5.02 Å². The summed E-state index contributed by atoms with van der Waals surface area (Å²) in [5.41, 5.74) is 13.9. The number of fused-ring (bicyclic) bond motifs is 1. The molecule has 9 heteroatoms. The SMILES string of the molecule is NC(=O)CN(N)/C=C(\N)n1cc(-c2cn[nH]c2)c2ccc(Cl)cc21. The molecule has 1 aromatic carbocycles. The second-order valence-electron chi connectivity index (χ2n) is 5.25. The van der Waals surface area contributed by atoms with Crippen molar-refractivity contribution >= 4 is 34.2 Å². The molecule has 124 valence electrons. The first-order valence-corrected chi connectivity index (χ1v) is 7.40. The predicted octanol–water partition coefficient (Wildman–Crippen LogP) is 1.06. The van der Waals surface area contributed by atoms with Crippen molar-refractivity contribution in [2.45, 2.75) is 0 Å². The number of hydrazine groups is 1. The first kappa shape index (κ1) is 15.9. The fourth-order valence-electron chi connectivity index (χ4n) is 2.50. The Morgan fingerprint density at radius 1 is 1.42 bits per heavy atom. The van der Waals surface area contributed by atoms with E-state index in [-0.39, 0.29) is 6.54 Å². The van der Waals surface area contributed by atoms with Gasteiger partial charge in [-0.15, -0.1) is 0 Å². The minimum absolute atomic E-state index is 0.144. The van der Waals surface area contributed by atoms with Crippen LogP contribution >= 0.6 is 11.6 Å². The summed E-state index contributed by atoms with van der Waals surface area (Å²) in [5.74, 6) is 5.48. The Morgan fingerprint density at radius 3 is 2.88 bits per heavy atom. The number of aromatic amines is 1. The zero-order valence-electron chi connectivity index (χ0n) is 12.6. The number of hydrogen-bond donors (Lipinski definition) is 4. The fraction of sp³-hybridized carbons (Fsp3) is 0.0667. The van der Waals surface area contributed by atoms with Crippen molar-refractivity contribution in [2.24, 2.45) is 17.3 Å². The lowest BCUT2D eigenvalue weighted by Gasteiger charge is -2.13. The molecule has 8 nitrogen and oxygen atoms in total. The van der Waals surface area contributed by atoms with Gasteiger partial charge in [-0.1, -0.05) is 17.7 Å². The molecule has 2 aromatic heterocycles. The standard InChI is InChI=1S/C15H16ClN7O/c16-10-1-2-11-12(9-4-20-21-5-9)6-23(13(11)3-10)14(17)7-22(19)8-15(18)24/h1-7H,8,17,19H2,(H2,18,24)(H,20,21)/b14-7+. The molecule has 0 fully saturated rings. The van der Waals surface area contributed by atoms with Gasteiger partial charge in [-0.05, 0) is 12.1 Å². The molecule has 0 saturated carbocycles. The van der Waals surface area contributed by atoms with Crippen LogP contribution in [-0.2, 0) is 4.79 Å². The van der Waals surface area contributed by atoms with Gasteiger partial charge in [0.2, 0.25) is 5.91 Å². The number of hydrogen-bond acceptors (Lipinski definition) is 5. The number of nitrogens with zero attached hydrogens (tertiary/aromatic N) is 3. The predicted molar refractivity (Wildman–Crippen MR) is 93.1 cm³/mol. The summed E-state index contributed by atoms with van der Waals surface area (Å²) in [4.78, 5) is 10.9. The van der Waals surface area contributed by atoms with Crippen LogP contribution in [0.4, 0.5) is 0 Å². The van der Waals surface area contributed by atoms with Crippen LogP contribution in [0.25, 0.3) is 27.9 Å². The number of rotatable bonds is 5. The molecule has 0 bridgehead atoms. The highest BCUT2D eigenvalue weighted by molar-refractivity contribution is 6.31. The average Bonchev–Trinajstić information content (AvgIpc) is 3.12. The van der Waals surface area contributed by atoms with Crippen molar-refractivity contribution in [1.29, 1.82) is 0 Å². The first-order valence-electron chi connectivity index (χ1n) is 7.03. The third-order valence-electron chi connectivity index (χ3n) is 3.49. The molecule has 0 radical (unpaired) electrons. The van der Waals surface area contributed by atoms with E-state index in [1.165, 1.54) is 6.20 Å². The van der Waals surface area contributed by atoms with Crippen molar-refractivity contribution in [3.63, 3.8) is 0 Å². The highest BCUT2D eigenvalue weighted by Gasteiger charge is 2.13. The van der Waals surface area contributed by atoms with Gasteiger partial charge >= 0.3 is 0 Å². The first-order chi connectivity index (χ1) is 11.5. The Morgan fingerprint density at radius 2 is 2.21 bits per heavy atom. The number of nitrogens with one attached hydrogen (secondary N) is 1. The fourth-order valence-corrected chi connectivity index (χ4v) is 2.67. The summed E-state index contributed by atoms with van der Waals surface area (Å²) in [6, 6.07) is 5.52. The Labute approximate surface area is 142 Å². The number of H-pyrrole nitrogens is 1. The topological polar surface area (TPSA) is 132 Å². The van der Waals surface area contributed by atoms with E-state index in [0.29, 0.717) is 10.8 Å². The molecule has 0 atom stereocenters. The molecule has 2 heterocycles. The van der Waals surface area contributed by atoms with E-state index in [4.69, 9.17) is 28.9 Å². The molecule has 3 aromatic rings. The van der Waals surface area contributed by atoms with E-state index in [1.807, 2.05) is 12.3 Å². The normalized spacial score (nSPS) is 11.8. The Bertz CT molecular complexity index is 913. The van der Waals surface area contributed by atoms with Gasteiger partial charge in [0, 0.05) is 33.9 Å². The number of aromatic nitrogens is 3. The second kappa shape index (κ2) is 6.26. The summed E-state index contributed by atoms with van der Waals surface area (Å²) < 4.78 is 1.74. The summed E-state index contributed by atoms with van der Waals surface area (Å²) in [6.07, 6.45) is 6.80. The number of carbonyl (C=O) groups is 1. The van der Waals surface area contributed by atoms with E-state index in [9.17, 15) is 4.79 Å². The molecule has 0 saturated heterocycles. The molecule has 24 heavy (non-hydrogen) atoms. The van der Waals surface area contributed by atoms with E-state index in [1.54, 1.807) is 29.1 Å². The Kier molecular flexibility index (Phi) is 4.15. The molecule has 3 rings (SSSR count). The summed E-state index contributed by atoms with van der Waals surface area (Å²) in [5, 5.41) is 9.42. The Hall–Kier alpha value is -2.97. The van der Waals surface area contributed by atoms with Crippen LogP contribution < -0.4 is 17.3 Å². The third kappa shape index (κ3) is 3.05. The molecule has 0 unspecified atom stereocenters. The van der Waals surface area contributed by atoms with Crippen molar-refractivity contribution in [3.05, 3.63) is 48.0 Å². The van der Waals surface area contributed by atoms with Gasteiger partial charge in [-0.25, -0.2) is 5.84 Å². The lowest BCUT2D eigenvalue weighted by Crippen LogP contribution is -2.35. The van der Waals surface area contributed by atoms with Crippen LogP contribution in [0.15, 0.2) is 43.0 Å². The van der Waals surface area contributed by atoms with Crippen LogP contribution in [-0.4, -0.2) is 32.2 Å². The maximum Gasteiger partial charge on any atom is 0.238 e. The minimum Gasteiger partial charge on any atom is -0.384 e. The number of amides is 1. The molecule has 7 N–H and O–H groups in total. The molecular weight excluding hydrogens is 330 g/mol. The molecule has 0 spiro atoms. The van der Waals surface area contributed by atoms with E-state index in [0.717, 1.165) is 27.0 Å². The van der Waals surface area contributed by atoms with E-state index in [2.05, 4.69) is 10.2 Å². The van der Waals surface area contributed by atoms with Gasteiger partial charge in [-0.2, -0.15) is 5.10 Å². The van der Waals surface area contributed by atoms with Crippen LogP contribution in [0.5, 0.6) is 0 Å². The highest BCUT2D eigenvalue weighted by atomic mass is 35.5. The van der Waals surface area contributed by atoms with Crippen molar-refractivity contribution in [1.82, 2.24) is 19.8 Å². The summed E-state index contributed by atoms with van der Waals surface area (Å²) in [7, 11) is 0. The molecule has 1 amide bonds. The average molecular weight is 346 g/mol. The quantitative estimate of drug-likeness (QED) is 0.405. The van der Waals surface area contributed by atoms with E-state index >= 15 is 0 Å². The monoisotopic (exact) mass is 345 g/mol. The maximum absolute atomic E-state index is 10.9. The van der Waals surface area contributed by atoms with Gasteiger partial charge in [0.15, 0.2) is 0 Å². The van der Waals surface area contributed by atoms with Crippen LogP contribution in [0.3, 0.4) is 0 Å². The van der Waals surface area contributed by atoms with Crippen LogP contribution in [0, 0.1) is 0 Å². The zero-order valence-corrected chi connectivity index (χ0v) is 13.4. The third-order valence-corrected chi connectivity index (χ3v) is 3.73. The van der Waals surface area contributed by atoms with Gasteiger partial charge < -0.3 is 21.0 Å². The van der Waals surface area contributed by atoms with Gasteiger partial charge in [0.05, 0.1) is 17.9 Å². The Balaban J connectivity index is 2.12. The highest BCUT2D eigenvalue weighted by Crippen LogP contribution is 2.32. The summed E-state index contributed by atoms with van der Waals surface area (Å²) >= 11 is 6.12. The number of carbonyl (C=O) groups excluding carboxylic acids is 1. The van der Waals surface area contributed by atoms with Crippen molar-refractivity contribution in [3.8, 4) is 11.1 Å². The number of primary amides is 1. The van der Waals surface area contributed by atoms with Gasteiger partial charge in [0.25, 0.3) is 0 Å². The van der Waals surface area contributed by atoms with Gasteiger partial charge in [0.1, 0.15) is 12.4 Å². The molecule has 0 aliphatic heterocycles. The zero-order chi connectivity index (χ0) is 17.3. The number of benzene rings is 1. The lowest BCUT2D eigenvalue weighted by atomic mass is 10.1. The molecular formula is C15H16ClN7O. The maximum atomic E-state index is 10.9. The summed E-state index contributed by atoms with van der Waals surface area (Å²) in [6.45, 7) is -0.144. The largest absolute Gasteiger partial charge is 0.384 e. The number of halogens is 1. The smallest absolute Gasteiger partial charge is 0.238 e. The second-order valence-corrected chi connectivity index (χ2v) is 5.69. The van der Waals surface area contributed by atoms with Gasteiger partial charge in [-0.3, -0.25) is 9.89 Å². The van der Waals surface area contributed by atoms with E-state index < -0.39 is 5.91 Å². The van der Waals surface area contributed by atoms with Crippen LogP contribution in [0.1, 0.15) is 0 Å². The lowest BCUT2D eigenvalue weighted by molar-refractivity contribution is -0.118.